The van der Waals surface area contributed by atoms with E-state index >= 15 is 0 Å². The molecule has 0 atom stereocenters. The summed E-state index contributed by atoms with van der Waals surface area (Å²) in [4.78, 5) is 21.7. The molecule has 2 aromatic carbocycles. The Morgan fingerprint density at radius 3 is 2.27 bits per heavy atom. The molecule has 0 spiro atoms. The zero-order valence-corrected chi connectivity index (χ0v) is 19.8. The Bertz CT molecular complexity index is 1170. The van der Waals surface area contributed by atoms with Crippen LogP contribution in [0.5, 0.6) is 0 Å². The predicted molar refractivity (Wildman–Crippen MR) is 140 cm³/mol. The van der Waals surface area contributed by atoms with Crippen molar-refractivity contribution in [2.24, 2.45) is 5.16 Å². The van der Waals surface area contributed by atoms with Crippen LogP contribution in [0, 0.1) is 0 Å². The van der Waals surface area contributed by atoms with Gasteiger partial charge in [-0.3, -0.25) is 0 Å². The van der Waals surface area contributed by atoms with E-state index in [0.717, 1.165) is 46.8 Å². The summed E-state index contributed by atoms with van der Waals surface area (Å²) < 4.78 is 0. The summed E-state index contributed by atoms with van der Waals surface area (Å²) in [7, 11) is 0. The van der Waals surface area contributed by atoms with Gasteiger partial charge in [-0.15, -0.1) is 11.3 Å². The Hall–Kier alpha value is -3.44. The fourth-order valence-electron chi connectivity index (χ4n) is 3.78. The highest BCUT2D eigenvalue weighted by atomic mass is 32.1. The normalized spacial score (nSPS) is 14.7. The Morgan fingerprint density at radius 2 is 1.58 bits per heavy atom. The zero-order chi connectivity index (χ0) is 23.0. The van der Waals surface area contributed by atoms with Crippen LogP contribution < -0.4 is 4.90 Å². The van der Waals surface area contributed by atoms with Crippen LogP contribution in [-0.4, -0.2) is 24.8 Å². The second-order valence-electron chi connectivity index (χ2n) is 7.89. The number of anilines is 1. The minimum Gasteiger partial charge on any atom is -0.372 e. The molecule has 0 saturated carbocycles. The number of hydrogen-bond donors (Lipinski definition) is 0. The molecule has 0 saturated heterocycles. The maximum atomic E-state index is 12.2. The molecule has 0 N–H and O–H groups in total. The topological polar surface area (TPSA) is 41.9 Å². The first-order valence-corrected chi connectivity index (χ1v) is 12.2. The fraction of sp³-hybridized carbons (Fsp3) is 0.214. The van der Waals surface area contributed by atoms with E-state index in [-0.39, 0.29) is 0 Å². The third kappa shape index (κ3) is 5.68. The number of oxime groups is 1. The van der Waals surface area contributed by atoms with Gasteiger partial charge in [0.2, 0.25) is 0 Å². The fourth-order valence-corrected chi connectivity index (χ4v) is 4.63. The van der Waals surface area contributed by atoms with E-state index in [4.69, 9.17) is 4.84 Å². The molecule has 168 valence electrons. The van der Waals surface area contributed by atoms with Gasteiger partial charge in [0.05, 0.1) is 5.57 Å². The minimum absolute atomic E-state index is 0.417. The monoisotopic (exact) mass is 456 g/mol. The first-order chi connectivity index (χ1) is 16.2. The van der Waals surface area contributed by atoms with Gasteiger partial charge in [-0.1, -0.05) is 67.5 Å². The van der Waals surface area contributed by atoms with Crippen LogP contribution in [0.15, 0.2) is 77.5 Å². The van der Waals surface area contributed by atoms with Gasteiger partial charge in [0.25, 0.3) is 0 Å². The van der Waals surface area contributed by atoms with Crippen LogP contribution in [-0.2, 0) is 9.63 Å². The lowest BCUT2D eigenvalue weighted by molar-refractivity contribution is -0.136. The summed E-state index contributed by atoms with van der Waals surface area (Å²) in [5, 5.41) is 3.98. The van der Waals surface area contributed by atoms with Gasteiger partial charge in [-0.25, -0.2) is 4.79 Å². The molecule has 0 aliphatic carbocycles. The highest BCUT2D eigenvalue weighted by Crippen LogP contribution is 2.26. The standard InChI is InChI=1S/C28H28N2O2S/c1-3-18-30(19-4-2)23-13-10-21(11-14-23)12-15-24-16-17-25(33-24)20-26-27(29-32-28(26)31)22-8-6-5-7-9-22/h5-17,20H,3-4,18-19H2,1-2H3/b15-12+,26-20-. The molecule has 1 aromatic heterocycles. The van der Waals surface area contributed by atoms with Gasteiger partial charge in [-0.05, 0) is 54.8 Å². The molecule has 0 bridgehead atoms. The number of benzene rings is 2. The maximum absolute atomic E-state index is 12.2. The van der Waals surface area contributed by atoms with E-state index in [1.807, 2.05) is 42.5 Å². The second kappa shape index (κ2) is 10.9. The average Bonchev–Trinajstić information content (AvgIpc) is 3.45. The molecule has 0 amide bonds. The largest absolute Gasteiger partial charge is 0.372 e. The Morgan fingerprint density at radius 1 is 0.879 bits per heavy atom. The van der Waals surface area contributed by atoms with Gasteiger partial charge in [0.1, 0.15) is 5.71 Å². The maximum Gasteiger partial charge on any atom is 0.368 e. The van der Waals surface area contributed by atoms with Gasteiger partial charge < -0.3 is 9.74 Å². The minimum atomic E-state index is -0.417. The Balaban J connectivity index is 1.46. The third-order valence-electron chi connectivity index (χ3n) is 5.36. The number of carbonyl (C=O) groups is 1. The van der Waals surface area contributed by atoms with E-state index in [2.05, 4.69) is 66.4 Å². The highest BCUT2D eigenvalue weighted by molar-refractivity contribution is 7.13. The molecular formula is C28H28N2O2S. The van der Waals surface area contributed by atoms with E-state index in [0.29, 0.717) is 11.3 Å². The predicted octanol–water partition coefficient (Wildman–Crippen LogP) is 6.89. The van der Waals surface area contributed by atoms with Gasteiger partial charge in [-0.2, -0.15) is 0 Å². The molecule has 0 unspecified atom stereocenters. The summed E-state index contributed by atoms with van der Waals surface area (Å²) in [6.45, 7) is 6.60. The lowest BCUT2D eigenvalue weighted by atomic mass is 10.0. The number of carbonyl (C=O) groups excluding carboxylic acids is 1. The smallest absolute Gasteiger partial charge is 0.368 e. The van der Waals surface area contributed by atoms with E-state index in [9.17, 15) is 4.79 Å². The van der Waals surface area contributed by atoms with E-state index in [1.165, 1.54) is 5.69 Å². The quantitative estimate of drug-likeness (QED) is 0.260. The second-order valence-corrected chi connectivity index (χ2v) is 9.04. The summed E-state index contributed by atoms with van der Waals surface area (Å²) in [5.41, 5.74) is 4.37. The molecule has 0 radical (unpaired) electrons. The number of hydrogen-bond acceptors (Lipinski definition) is 5. The molecule has 3 aromatic rings. The SMILES string of the molecule is CCCN(CCC)c1ccc(/C=C/c2ccc(/C=C3\C(=O)ON=C3c3ccccc3)s2)cc1. The van der Waals surface area contributed by atoms with Crippen LogP contribution in [0.4, 0.5) is 5.69 Å². The number of rotatable bonds is 9. The van der Waals surface area contributed by atoms with Crippen LogP contribution >= 0.6 is 11.3 Å². The molecule has 2 heterocycles. The van der Waals surface area contributed by atoms with Crippen molar-refractivity contribution >= 4 is 46.9 Å². The van der Waals surface area contributed by atoms with Crippen LogP contribution in [0.25, 0.3) is 18.2 Å². The van der Waals surface area contributed by atoms with Gasteiger partial charge >= 0.3 is 5.97 Å². The zero-order valence-electron chi connectivity index (χ0n) is 19.0. The van der Waals surface area contributed by atoms with Crippen molar-refractivity contribution in [3.8, 4) is 0 Å². The van der Waals surface area contributed by atoms with Crippen molar-refractivity contribution in [1.82, 2.24) is 0 Å². The van der Waals surface area contributed by atoms with Crippen LogP contribution in [0.1, 0.15) is 47.6 Å². The molecule has 4 rings (SSSR count). The first kappa shape index (κ1) is 22.7. The highest BCUT2D eigenvalue weighted by Gasteiger charge is 2.26. The summed E-state index contributed by atoms with van der Waals surface area (Å²) >= 11 is 1.63. The van der Waals surface area contributed by atoms with Crippen molar-refractivity contribution < 1.29 is 9.63 Å². The van der Waals surface area contributed by atoms with Crippen LogP contribution in [0.3, 0.4) is 0 Å². The summed E-state index contributed by atoms with van der Waals surface area (Å²) in [5.74, 6) is -0.417. The average molecular weight is 457 g/mol. The molecule has 0 fully saturated rings. The van der Waals surface area contributed by atoms with Crippen molar-refractivity contribution in [2.75, 3.05) is 18.0 Å². The van der Waals surface area contributed by atoms with Crippen molar-refractivity contribution in [2.45, 2.75) is 26.7 Å². The van der Waals surface area contributed by atoms with Gasteiger partial charge in [0.15, 0.2) is 0 Å². The first-order valence-electron chi connectivity index (χ1n) is 11.4. The van der Waals surface area contributed by atoms with Crippen molar-refractivity contribution in [3.05, 3.63) is 93.2 Å². The van der Waals surface area contributed by atoms with Crippen LogP contribution in [0.2, 0.25) is 0 Å². The molecule has 4 nitrogen and oxygen atoms in total. The van der Waals surface area contributed by atoms with E-state index < -0.39 is 5.97 Å². The van der Waals surface area contributed by atoms with E-state index in [1.54, 1.807) is 11.3 Å². The number of thiophene rings is 1. The Kier molecular flexibility index (Phi) is 7.53. The van der Waals surface area contributed by atoms with Gasteiger partial charge in [0, 0.05) is 34.1 Å². The summed E-state index contributed by atoms with van der Waals surface area (Å²) in [6.07, 6.45) is 8.38. The molecule has 1 aliphatic heterocycles. The molecule has 1 aliphatic rings. The lowest BCUT2D eigenvalue weighted by Crippen LogP contribution is -2.24. The Labute approximate surface area is 199 Å². The van der Waals surface area contributed by atoms with Crippen molar-refractivity contribution in [3.63, 3.8) is 0 Å². The summed E-state index contributed by atoms with van der Waals surface area (Å²) in [6, 6.07) is 22.4. The molecular weight excluding hydrogens is 428 g/mol. The number of nitrogens with zero attached hydrogens (tertiary/aromatic N) is 2. The van der Waals surface area contributed by atoms with Crippen molar-refractivity contribution in [1.29, 1.82) is 0 Å². The third-order valence-corrected chi connectivity index (χ3v) is 6.36. The molecule has 5 heteroatoms. The lowest BCUT2D eigenvalue weighted by Gasteiger charge is -2.23. The molecule has 33 heavy (non-hydrogen) atoms.